The lowest BCUT2D eigenvalue weighted by Crippen LogP contribution is -2.47. The van der Waals surface area contributed by atoms with E-state index in [-0.39, 0.29) is 24.3 Å². The summed E-state index contributed by atoms with van der Waals surface area (Å²) in [5, 5.41) is 4.11. The minimum Gasteiger partial charge on any atom is -0.314 e. The first-order valence-corrected chi connectivity index (χ1v) is 8.53. The van der Waals surface area contributed by atoms with Crippen LogP contribution in [0.1, 0.15) is 43.7 Å². The Bertz CT molecular complexity index is 454. The summed E-state index contributed by atoms with van der Waals surface area (Å²) in [4.78, 5) is 2.51. The van der Waals surface area contributed by atoms with E-state index in [1.54, 1.807) is 12.1 Å². The van der Waals surface area contributed by atoms with Crippen molar-refractivity contribution in [1.29, 1.82) is 0 Å². The molecule has 1 aromatic rings. The van der Waals surface area contributed by atoms with E-state index in [9.17, 15) is 4.39 Å². The molecule has 2 aliphatic rings. The predicted octanol–water partition coefficient (Wildman–Crippen LogP) is 4.43. The maximum Gasteiger partial charge on any atom is 0.123 e. The molecule has 0 aromatic heterocycles. The third-order valence-corrected chi connectivity index (χ3v) is 5.26. The highest BCUT2D eigenvalue weighted by Gasteiger charge is 2.32. The molecule has 2 nitrogen and oxygen atoms in total. The van der Waals surface area contributed by atoms with Crippen molar-refractivity contribution in [3.8, 4) is 0 Å². The van der Waals surface area contributed by atoms with Gasteiger partial charge in [-0.25, -0.2) is 4.39 Å². The lowest BCUT2D eigenvalue weighted by Gasteiger charge is -2.41. The second kappa shape index (κ2) is 8.49. The van der Waals surface area contributed by atoms with Gasteiger partial charge in [0.15, 0.2) is 0 Å². The van der Waals surface area contributed by atoms with E-state index in [0.717, 1.165) is 31.7 Å². The van der Waals surface area contributed by atoms with Crippen molar-refractivity contribution in [3.63, 3.8) is 0 Å². The monoisotopic (exact) mass is 346 g/mol. The largest absolute Gasteiger partial charge is 0.314 e. The van der Waals surface area contributed by atoms with Gasteiger partial charge in [-0.3, -0.25) is 4.90 Å². The van der Waals surface area contributed by atoms with E-state index in [2.05, 4.69) is 10.2 Å². The third kappa shape index (κ3) is 4.14. The van der Waals surface area contributed by atoms with Gasteiger partial charge in [-0.05, 0) is 42.5 Å². The zero-order valence-electron chi connectivity index (χ0n) is 12.9. The van der Waals surface area contributed by atoms with Crippen molar-refractivity contribution in [2.75, 3.05) is 26.2 Å². The second-order valence-electron chi connectivity index (χ2n) is 6.29. The highest BCUT2D eigenvalue weighted by Crippen LogP contribution is 2.41. The van der Waals surface area contributed by atoms with Gasteiger partial charge >= 0.3 is 0 Å². The fourth-order valence-electron chi connectivity index (χ4n) is 3.90. The van der Waals surface area contributed by atoms with Crippen molar-refractivity contribution in [3.05, 3.63) is 34.6 Å². The predicted molar refractivity (Wildman–Crippen MR) is 92.4 cm³/mol. The number of piperazine rings is 1. The van der Waals surface area contributed by atoms with E-state index in [4.69, 9.17) is 11.6 Å². The average molecular weight is 347 g/mol. The van der Waals surface area contributed by atoms with Gasteiger partial charge in [0.25, 0.3) is 0 Å². The molecule has 1 aliphatic heterocycles. The number of benzene rings is 1. The number of hydrogen-bond donors (Lipinski definition) is 1. The molecule has 0 bridgehead atoms. The van der Waals surface area contributed by atoms with Crippen LogP contribution in [0.2, 0.25) is 5.02 Å². The molecule has 1 heterocycles. The van der Waals surface area contributed by atoms with E-state index in [1.165, 1.54) is 38.2 Å². The molecule has 0 radical (unpaired) electrons. The summed E-state index contributed by atoms with van der Waals surface area (Å²) in [6.07, 6.45) is 6.39. The van der Waals surface area contributed by atoms with E-state index in [1.807, 2.05) is 0 Å². The van der Waals surface area contributed by atoms with Gasteiger partial charge in [-0.2, -0.15) is 0 Å². The molecule has 22 heavy (non-hydrogen) atoms. The summed E-state index contributed by atoms with van der Waals surface area (Å²) < 4.78 is 13.8. The van der Waals surface area contributed by atoms with Gasteiger partial charge in [0.1, 0.15) is 5.82 Å². The van der Waals surface area contributed by atoms with E-state index in [0.29, 0.717) is 10.9 Å². The Kier molecular flexibility index (Phi) is 6.94. The normalized spacial score (nSPS) is 22.1. The first-order valence-electron chi connectivity index (χ1n) is 8.15. The van der Waals surface area contributed by atoms with Crippen LogP contribution in [0.25, 0.3) is 0 Å². The van der Waals surface area contributed by atoms with Crippen molar-refractivity contribution in [2.24, 2.45) is 5.92 Å². The van der Waals surface area contributed by atoms with Crippen LogP contribution in [-0.2, 0) is 0 Å². The molecular formula is C17H25Cl2FN2. The van der Waals surface area contributed by atoms with Crippen molar-refractivity contribution in [2.45, 2.75) is 38.1 Å². The van der Waals surface area contributed by atoms with Crippen LogP contribution in [-0.4, -0.2) is 31.1 Å². The molecule has 0 amide bonds. The molecular weight excluding hydrogens is 322 g/mol. The summed E-state index contributed by atoms with van der Waals surface area (Å²) in [5.41, 5.74) is 0.991. The fourth-order valence-corrected chi connectivity index (χ4v) is 4.13. The van der Waals surface area contributed by atoms with E-state index < -0.39 is 0 Å². The SMILES string of the molecule is Cl.Fc1ccc(Cl)c([C@@H](C2CCCCC2)N2CCNCC2)c1. The number of hydrogen-bond acceptors (Lipinski definition) is 2. The highest BCUT2D eigenvalue weighted by molar-refractivity contribution is 6.31. The molecule has 1 atom stereocenters. The van der Waals surface area contributed by atoms with Gasteiger partial charge in [0.05, 0.1) is 0 Å². The number of nitrogens with one attached hydrogen (secondary N) is 1. The van der Waals surface area contributed by atoms with Crippen molar-refractivity contribution in [1.82, 2.24) is 10.2 Å². The summed E-state index contributed by atoms with van der Waals surface area (Å²) in [6, 6.07) is 5.10. The number of rotatable bonds is 3. The molecule has 1 N–H and O–H groups in total. The minimum atomic E-state index is -0.176. The molecule has 1 aromatic carbocycles. The Labute approximate surface area is 143 Å². The second-order valence-corrected chi connectivity index (χ2v) is 6.70. The van der Waals surface area contributed by atoms with Gasteiger partial charge in [0.2, 0.25) is 0 Å². The minimum absolute atomic E-state index is 0. The summed E-state index contributed by atoms with van der Waals surface area (Å²) in [5.74, 6) is 0.432. The Morgan fingerprint density at radius 3 is 2.50 bits per heavy atom. The molecule has 0 spiro atoms. The van der Waals surface area contributed by atoms with Crippen LogP contribution >= 0.6 is 24.0 Å². The molecule has 1 saturated heterocycles. The van der Waals surface area contributed by atoms with Gasteiger partial charge in [0, 0.05) is 37.2 Å². The molecule has 5 heteroatoms. The van der Waals surface area contributed by atoms with Crippen LogP contribution in [0, 0.1) is 11.7 Å². The molecule has 1 aliphatic carbocycles. The van der Waals surface area contributed by atoms with Crippen LogP contribution in [0.4, 0.5) is 4.39 Å². The van der Waals surface area contributed by atoms with Crippen LogP contribution < -0.4 is 5.32 Å². The molecule has 124 valence electrons. The Hall–Kier alpha value is -0.350. The Balaban J connectivity index is 0.00000176. The van der Waals surface area contributed by atoms with E-state index >= 15 is 0 Å². The van der Waals surface area contributed by atoms with Gasteiger partial charge < -0.3 is 5.32 Å². The number of nitrogens with zero attached hydrogens (tertiary/aromatic N) is 1. The highest BCUT2D eigenvalue weighted by atomic mass is 35.5. The van der Waals surface area contributed by atoms with Gasteiger partial charge in [-0.1, -0.05) is 30.9 Å². The molecule has 3 rings (SSSR count). The summed E-state index contributed by atoms with van der Waals surface area (Å²) in [7, 11) is 0. The Morgan fingerprint density at radius 1 is 1.14 bits per heavy atom. The zero-order chi connectivity index (χ0) is 14.7. The zero-order valence-corrected chi connectivity index (χ0v) is 14.4. The summed E-state index contributed by atoms with van der Waals surface area (Å²) in [6.45, 7) is 4.06. The lowest BCUT2D eigenvalue weighted by molar-refractivity contribution is 0.103. The Morgan fingerprint density at radius 2 is 1.82 bits per heavy atom. The smallest absolute Gasteiger partial charge is 0.123 e. The number of halogens is 3. The summed E-state index contributed by atoms with van der Waals surface area (Å²) >= 11 is 6.42. The standard InChI is InChI=1S/C17H24ClFN2.ClH/c18-16-7-6-14(19)12-15(16)17(13-4-2-1-3-5-13)21-10-8-20-9-11-21;/h6-7,12-13,17,20H,1-5,8-11H2;1H/t17-;/m1./s1. The van der Waals surface area contributed by atoms with Crippen LogP contribution in [0.5, 0.6) is 0 Å². The maximum absolute atomic E-state index is 13.8. The fraction of sp³-hybridized carbons (Fsp3) is 0.647. The first-order chi connectivity index (χ1) is 10.3. The molecule has 1 saturated carbocycles. The first kappa shape index (κ1) is 18.0. The topological polar surface area (TPSA) is 15.3 Å². The van der Waals surface area contributed by atoms with Crippen molar-refractivity contribution >= 4 is 24.0 Å². The van der Waals surface area contributed by atoms with Crippen LogP contribution in [0.3, 0.4) is 0 Å². The van der Waals surface area contributed by atoms with Gasteiger partial charge in [-0.15, -0.1) is 12.4 Å². The lowest BCUT2D eigenvalue weighted by atomic mass is 9.80. The quantitative estimate of drug-likeness (QED) is 0.870. The molecule has 2 fully saturated rings. The third-order valence-electron chi connectivity index (χ3n) is 4.92. The average Bonchev–Trinajstić information content (AvgIpc) is 2.53. The van der Waals surface area contributed by atoms with Crippen molar-refractivity contribution < 1.29 is 4.39 Å². The van der Waals surface area contributed by atoms with Crippen LogP contribution in [0.15, 0.2) is 18.2 Å². The maximum atomic E-state index is 13.8. The molecule has 0 unspecified atom stereocenters.